The second-order valence-corrected chi connectivity index (χ2v) is 10.2. The number of nitrogens with zero attached hydrogens (tertiary/aromatic N) is 2. The summed E-state index contributed by atoms with van der Waals surface area (Å²) in [6, 6.07) is 12.7. The highest BCUT2D eigenvalue weighted by Gasteiger charge is 2.34. The summed E-state index contributed by atoms with van der Waals surface area (Å²) >= 11 is 0. The molecule has 0 bridgehead atoms. The van der Waals surface area contributed by atoms with Gasteiger partial charge >= 0.3 is 0 Å². The van der Waals surface area contributed by atoms with Gasteiger partial charge in [-0.1, -0.05) is 25.0 Å². The van der Waals surface area contributed by atoms with Crippen molar-refractivity contribution in [1.29, 1.82) is 0 Å². The molecule has 4 rings (SSSR count). The van der Waals surface area contributed by atoms with Crippen molar-refractivity contribution in [3.05, 3.63) is 53.6 Å². The summed E-state index contributed by atoms with van der Waals surface area (Å²) in [5.74, 6) is 0.750. The van der Waals surface area contributed by atoms with E-state index >= 15 is 0 Å². The number of carbonyl (C=O) groups excluding carboxylic acids is 1. The van der Waals surface area contributed by atoms with Gasteiger partial charge in [0.1, 0.15) is 5.75 Å². The SMILES string of the molecule is COc1ccc([C@@H]2CCCCCN2S(=O)(=O)c2ccc3c(c2)CCCN3C(C)=O)cc1. The van der Waals surface area contributed by atoms with Crippen LogP contribution in [0.4, 0.5) is 5.69 Å². The van der Waals surface area contributed by atoms with E-state index in [0.29, 0.717) is 18.0 Å². The Kier molecular flexibility index (Phi) is 6.34. The van der Waals surface area contributed by atoms with Crippen LogP contribution in [0.2, 0.25) is 0 Å². The second kappa shape index (κ2) is 9.01. The largest absolute Gasteiger partial charge is 0.497 e. The first-order valence-corrected chi connectivity index (χ1v) is 12.4. The van der Waals surface area contributed by atoms with E-state index in [2.05, 4.69) is 0 Å². The van der Waals surface area contributed by atoms with Crippen molar-refractivity contribution in [2.45, 2.75) is 56.4 Å². The third kappa shape index (κ3) is 4.34. The fourth-order valence-corrected chi connectivity index (χ4v) is 6.46. The summed E-state index contributed by atoms with van der Waals surface area (Å²) in [7, 11) is -2.05. The van der Waals surface area contributed by atoms with E-state index in [9.17, 15) is 13.2 Å². The maximum Gasteiger partial charge on any atom is 0.243 e. The molecule has 2 aliphatic heterocycles. The van der Waals surface area contributed by atoms with Gasteiger partial charge in [0.25, 0.3) is 0 Å². The van der Waals surface area contributed by atoms with Crippen LogP contribution in [0, 0.1) is 0 Å². The minimum atomic E-state index is -3.67. The van der Waals surface area contributed by atoms with Crippen molar-refractivity contribution in [3.8, 4) is 5.75 Å². The lowest BCUT2D eigenvalue weighted by Gasteiger charge is -2.31. The number of fused-ring (bicyclic) bond motifs is 1. The number of rotatable bonds is 4. The van der Waals surface area contributed by atoms with Crippen molar-refractivity contribution in [2.24, 2.45) is 0 Å². The quantitative estimate of drug-likeness (QED) is 0.708. The molecular formula is C24H30N2O4S. The van der Waals surface area contributed by atoms with Gasteiger partial charge in [-0.25, -0.2) is 8.42 Å². The Labute approximate surface area is 184 Å². The molecule has 1 atom stereocenters. The Morgan fingerprint density at radius 2 is 1.77 bits per heavy atom. The zero-order valence-electron chi connectivity index (χ0n) is 18.2. The first-order valence-electron chi connectivity index (χ1n) is 11.0. The number of benzene rings is 2. The fourth-order valence-electron chi connectivity index (χ4n) is 4.73. The topological polar surface area (TPSA) is 66.9 Å². The number of methoxy groups -OCH3 is 1. The summed E-state index contributed by atoms with van der Waals surface area (Å²) in [6.45, 7) is 2.74. The zero-order valence-corrected chi connectivity index (χ0v) is 19.0. The van der Waals surface area contributed by atoms with Crippen LogP contribution in [-0.4, -0.2) is 38.8 Å². The average molecular weight is 443 g/mol. The van der Waals surface area contributed by atoms with Crippen LogP contribution in [0.1, 0.15) is 56.2 Å². The van der Waals surface area contributed by atoms with Gasteiger partial charge in [-0.15, -0.1) is 0 Å². The van der Waals surface area contributed by atoms with E-state index in [-0.39, 0.29) is 11.9 Å². The lowest BCUT2D eigenvalue weighted by molar-refractivity contribution is -0.116. The summed E-state index contributed by atoms with van der Waals surface area (Å²) in [6.07, 6.45) is 5.30. The van der Waals surface area contributed by atoms with E-state index in [1.165, 1.54) is 0 Å². The van der Waals surface area contributed by atoms with Gasteiger partial charge in [0.2, 0.25) is 15.9 Å². The first-order chi connectivity index (χ1) is 14.9. The number of ether oxygens (including phenoxy) is 1. The van der Waals surface area contributed by atoms with E-state index in [0.717, 1.165) is 61.1 Å². The lowest BCUT2D eigenvalue weighted by atomic mass is 10.0. The Hall–Kier alpha value is -2.38. The highest BCUT2D eigenvalue weighted by Crippen LogP contribution is 2.37. The number of hydrogen-bond acceptors (Lipinski definition) is 4. The monoisotopic (exact) mass is 442 g/mol. The molecule has 0 unspecified atom stereocenters. The Morgan fingerprint density at radius 1 is 1.00 bits per heavy atom. The van der Waals surface area contributed by atoms with Crippen molar-refractivity contribution in [3.63, 3.8) is 0 Å². The normalized spacial score (nSPS) is 20.1. The van der Waals surface area contributed by atoms with E-state index < -0.39 is 10.0 Å². The maximum absolute atomic E-state index is 13.8. The van der Waals surface area contributed by atoms with E-state index in [4.69, 9.17) is 4.74 Å². The van der Waals surface area contributed by atoms with E-state index in [1.807, 2.05) is 24.3 Å². The average Bonchev–Trinajstić information content (AvgIpc) is 3.05. The molecule has 1 fully saturated rings. The van der Waals surface area contributed by atoms with Gasteiger partial charge in [0.05, 0.1) is 18.0 Å². The summed E-state index contributed by atoms with van der Waals surface area (Å²) in [5, 5.41) is 0. The third-order valence-corrected chi connectivity index (χ3v) is 8.26. The molecule has 6 nitrogen and oxygen atoms in total. The zero-order chi connectivity index (χ0) is 22.0. The number of sulfonamides is 1. The van der Waals surface area contributed by atoms with Gasteiger partial charge in [-0.3, -0.25) is 4.79 Å². The number of aryl methyl sites for hydroxylation is 1. The van der Waals surface area contributed by atoms with Gasteiger partial charge in [0.15, 0.2) is 0 Å². The van der Waals surface area contributed by atoms with Crippen LogP contribution in [0.3, 0.4) is 0 Å². The van der Waals surface area contributed by atoms with Crippen LogP contribution < -0.4 is 9.64 Å². The standard InChI is InChI=1S/C24H30N2O4S/c1-18(27)25-15-6-7-20-17-22(13-14-23(20)25)31(28,29)26-16-5-3-4-8-24(26)19-9-11-21(30-2)12-10-19/h9-14,17,24H,3-8,15-16H2,1-2H3/t24-/m0/s1. The first kappa shape index (κ1) is 21.8. The molecular weight excluding hydrogens is 412 g/mol. The summed E-state index contributed by atoms with van der Waals surface area (Å²) in [4.78, 5) is 14.0. The molecule has 0 aromatic heterocycles. The Morgan fingerprint density at radius 3 is 2.48 bits per heavy atom. The fraction of sp³-hybridized carbons (Fsp3) is 0.458. The molecule has 2 aromatic rings. The Balaban J connectivity index is 1.70. The molecule has 1 amide bonds. The number of anilines is 1. The molecule has 0 aliphatic carbocycles. The molecule has 166 valence electrons. The van der Waals surface area contributed by atoms with Crippen molar-refractivity contribution in [2.75, 3.05) is 25.1 Å². The van der Waals surface area contributed by atoms with Crippen LogP contribution in [0.25, 0.3) is 0 Å². The van der Waals surface area contributed by atoms with Crippen LogP contribution in [0.5, 0.6) is 5.75 Å². The molecule has 1 saturated heterocycles. The summed E-state index contributed by atoms with van der Waals surface area (Å²) < 4.78 is 34.5. The van der Waals surface area contributed by atoms with Crippen LogP contribution in [0.15, 0.2) is 47.4 Å². The van der Waals surface area contributed by atoms with Gasteiger partial charge < -0.3 is 9.64 Å². The maximum atomic E-state index is 13.8. The molecule has 0 radical (unpaired) electrons. The lowest BCUT2D eigenvalue weighted by Crippen LogP contribution is -2.36. The molecule has 2 aliphatic rings. The van der Waals surface area contributed by atoms with Crippen molar-refractivity contribution < 1.29 is 17.9 Å². The Bertz CT molecular complexity index is 1050. The minimum absolute atomic E-state index is 0.0105. The molecule has 7 heteroatoms. The molecule has 2 heterocycles. The number of hydrogen-bond donors (Lipinski definition) is 0. The van der Waals surface area contributed by atoms with Gasteiger partial charge in [0, 0.05) is 25.7 Å². The second-order valence-electron chi connectivity index (χ2n) is 8.32. The minimum Gasteiger partial charge on any atom is -0.497 e. The van der Waals surface area contributed by atoms with Crippen LogP contribution in [-0.2, 0) is 21.2 Å². The predicted molar refractivity (Wildman–Crippen MR) is 121 cm³/mol. The molecule has 0 saturated carbocycles. The van der Waals surface area contributed by atoms with Crippen molar-refractivity contribution in [1.82, 2.24) is 4.31 Å². The summed E-state index contributed by atoms with van der Waals surface area (Å²) in [5.41, 5.74) is 2.76. The smallest absolute Gasteiger partial charge is 0.243 e. The van der Waals surface area contributed by atoms with Crippen LogP contribution >= 0.6 is 0 Å². The molecule has 31 heavy (non-hydrogen) atoms. The number of carbonyl (C=O) groups is 1. The van der Waals surface area contributed by atoms with Gasteiger partial charge in [-0.2, -0.15) is 4.31 Å². The third-order valence-electron chi connectivity index (χ3n) is 6.36. The molecule has 2 aromatic carbocycles. The predicted octanol–water partition coefficient (Wildman–Crippen LogP) is 4.30. The molecule has 0 N–H and O–H groups in total. The number of amides is 1. The molecule has 0 spiro atoms. The van der Waals surface area contributed by atoms with Crippen molar-refractivity contribution >= 4 is 21.6 Å². The van der Waals surface area contributed by atoms with E-state index in [1.54, 1.807) is 41.4 Å². The highest BCUT2D eigenvalue weighted by molar-refractivity contribution is 7.89. The van der Waals surface area contributed by atoms with Gasteiger partial charge in [-0.05, 0) is 67.1 Å². The highest BCUT2D eigenvalue weighted by atomic mass is 32.2.